The van der Waals surface area contributed by atoms with E-state index in [1.165, 1.54) is 0 Å². The summed E-state index contributed by atoms with van der Waals surface area (Å²) >= 11 is 0. The molecule has 1 saturated heterocycles. The molecule has 5 heteroatoms. The van der Waals surface area contributed by atoms with Crippen LogP contribution in [0.25, 0.3) is 0 Å². The molecule has 88 valence electrons. The fourth-order valence-corrected chi connectivity index (χ4v) is 1.57. The maximum atomic E-state index is 11.7. The molecule has 0 saturated carbocycles. The van der Waals surface area contributed by atoms with Gasteiger partial charge in [-0.15, -0.1) is 0 Å². The SMILES string of the molecule is CC1(C(=O)NCCOCCN)CCCO1. The molecule has 1 amide bonds. The highest BCUT2D eigenvalue weighted by Gasteiger charge is 2.37. The van der Waals surface area contributed by atoms with Gasteiger partial charge in [-0.25, -0.2) is 0 Å². The number of rotatable bonds is 6. The van der Waals surface area contributed by atoms with Crippen LogP contribution in [-0.2, 0) is 14.3 Å². The van der Waals surface area contributed by atoms with Crippen molar-refractivity contribution in [2.45, 2.75) is 25.4 Å². The number of amides is 1. The lowest BCUT2D eigenvalue weighted by molar-refractivity contribution is -0.139. The van der Waals surface area contributed by atoms with Crippen molar-refractivity contribution >= 4 is 5.91 Å². The molecule has 1 unspecified atom stereocenters. The lowest BCUT2D eigenvalue weighted by Crippen LogP contribution is -2.45. The molecule has 1 rings (SSSR count). The summed E-state index contributed by atoms with van der Waals surface area (Å²) in [5.74, 6) is -0.0450. The van der Waals surface area contributed by atoms with E-state index in [1.807, 2.05) is 6.92 Å². The zero-order valence-electron chi connectivity index (χ0n) is 9.25. The number of carbonyl (C=O) groups is 1. The molecule has 5 nitrogen and oxygen atoms in total. The van der Waals surface area contributed by atoms with E-state index < -0.39 is 5.60 Å². The normalized spacial score (nSPS) is 25.5. The molecule has 3 N–H and O–H groups in total. The molecule has 0 aliphatic carbocycles. The fraction of sp³-hybridized carbons (Fsp3) is 0.900. The second kappa shape index (κ2) is 6.05. The summed E-state index contributed by atoms with van der Waals surface area (Å²) in [7, 11) is 0. The highest BCUT2D eigenvalue weighted by atomic mass is 16.5. The molecule has 1 atom stereocenters. The lowest BCUT2D eigenvalue weighted by Gasteiger charge is -2.21. The van der Waals surface area contributed by atoms with Crippen molar-refractivity contribution < 1.29 is 14.3 Å². The minimum atomic E-state index is -0.631. The van der Waals surface area contributed by atoms with Gasteiger partial charge < -0.3 is 20.5 Å². The zero-order valence-corrected chi connectivity index (χ0v) is 9.25. The Labute approximate surface area is 90.3 Å². The minimum absolute atomic E-state index is 0.0450. The number of nitrogens with two attached hydrogens (primary N) is 1. The van der Waals surface area contributed by atoms with Gasteiger partial charge in [0.2, 0.25) is 0 Å². The number of hydrogen-bond donors (Lipinski definition) is 2. The van der Waals surface area contributed by atoms with Gasteiger partial charge in [0.1, 0.15) is 5.60 Å². The van der Waals surface area contributed by atoms with Crippen LogP contribution in [0.2, 0.25) is 0 Å². The number of ether oxygens (including phenoxy) is 2. The topological polar surface area (TPSA) is 73.6 Å². The first-order valence-electron chi connectivity index (χ1n) is 5.39. The summed E-state index contributed by atoms with van der Waals surface area (Å²) in [6.45, 7) is 4.55. The van der Waals surface area contributed by atoms with E-state index in [2.05, 4.69) is 5.32 Å². The van der Waals surface area contributed by atoms with Crippen LogP contribution in [0.4, 0.5) is 0 Å². The summed E-state index contributed by atoms with van der Waals surface area (Å²) in [6.07, 6.45) is 1.75. The summed E-state index contributed by atoms with van der Waals surface area (Å²) < 4.78 is 10.6. The van der Waals surface area contributed by atoms with Gasteiger partial charge in [-0.3, -0.25) is 4.79 Å². The monoisotopic (exact) mass is 216 g/mol. The average Bonchev–Trinajstić information content (AvgIpc) is 2.66. The second-order valence-corrected chi connectivity index (χ2v) is 3.84. The van der Waals surface area contributed by atoms with Gasteiger partial charge >= 0.3 is 0 Å². The molecule has 1 aliphatic rings. The van der Waals surface area contributed by atoms with Gasteiger partial charge in [0, 0.05) is 19.7 Å². The summed E-state index contributed by atoms with van der Waals surface area (Å²) in [5, 5.41) is 2.79. The number of hydrogen-bond acceptors (Lipinski definition) is 4. The molecule has 1 aliphatic heterocycles. The fourth-order valence-electron chi connectivity index (χ4n) is 1.57. The molecule has 0 bridgehead atoms. The van der Waals surface area contributed by atoms with Gasteiger partial charge in [-0.05, 0) is 19.8 Å². The van der Waals surface area contributed by atoms with Crippen LogP contribution in [0, 0.1) is 0 Å². The van der Waals surface area contributed by atoms with E-state index >= 15 is 0 Å². The average molecular weight is 216 g/mol. The van der Waals surface area contributed by atoms with Crippen molar-refractivity contribution in [2.24, 2.45) is 5.73 Å². The van der Waals surface area contributed by atoms with E-state index in [-0.39, 0.29) is 5.91 Å². The highest BCUT2D eigenvalue weighted by Crippen LogP contribution is 2.24. The van der Waals surface area contributed by atoms with E-state index in [0.29, 0.717) is 32.9 Å². The third kappa shape index (κ3) is 3.77. The van der Waals surface area contributed by atoms with Gasteiger partial charge in [-0.2, -0.15) is 0 Å². The predicted molar refractivity (Wildman–Crippen MR) is 56.5 cm³/mol. The summed E-state index contributed by atoms with van der Waals surface area (Å²) in [4.78, 5) is 11.7. The Hall–Kier alpha value is -0.650. The van der Waals surface area contributed by atoms with Crippen LogP contribution in [0.3, 0.4) is 0 Å². The second-order valence-electron chi connectivity index (χ2n) is 3.84. The number of nitrogens with one attached hydrogen (secondary N) is 1. The molecule has 0 spiro atoms. The Morgan fingerprint density at radius 1 is 1.60 bits per heavy atom. The lowest BCUT2D eigenvalue weighted by atomic mass is 10.0. The van der Waals surface area contributed by atoms with Crippen molar-refractivity contribution in [3.8, 4) is 0 Å². The summed E-state index contributed by atoms with van der Waals surface area (Å²) in [6, 6.07) is 0. The van der Waals surface area contributed by atoms with E-state index in [4.69, 9.17) is 15.2 Å². The molecule has 0 aromatic heterocycles. The van der Waals surface area contributed by atoms with E-state index in [9.17, 15) is 4.79 Å². The Bertz CT molecular complexity index is 203. The minimum Gasteiger partial charge on any atom is -0.378 e. The molecule has 0 aromatic rings. The van der Waals surface area contributed by atoms with Crippen LogP contribution < -0.4 is 11.1 Å². The first kappa shape index (κ1) is 12.4. The third-order valence-corrected chi connectivity index (χ3v) is 2.49. The van der Waals surface area contributed by atoms with Crippen molar-refractivity contribution in [3.05, 3.63) is 0 Å². The largest absolute Gasteiger partial charge is 0.378 e. The Balaban J connectivity index is 2.12. The predicted octanol–water partition coefficient (Wildman–Crippen LogP) is -0.353. The third-order valence-electron chi connectivity index (χ3n) is 2.49. The van der Waals surface area contributed by atoms with E-state index in [1.54, 1.807) is 0 Å². The number of carbonyl (C=O) groups excluding carboxylic acids is 1. The van der Waals surface area contributed by atoms with Crippen molar-refractivity contribution in [1.29, 1.82) is 0 Å². The Morgan fingerprint density at radius 2 is 2.40 bits per heavy atom. The van der Waals surface area contributed by atoms with Crippen LogP contribution >= 0.6 is 0 Å². The van der Waals surface area contributed by atoms with Crippen molar-refractivity contribution in [1.82, 2.24) is 5.32 Å². The molecule has 0 radical (unpaired) electrons. The Kier molecular flexibility index (Phi) is 5.01. The van der Waals surface area contributed by atoms with Gasteiger partial charge in [0.25, 0.3) is 5.91 Å². The Morgan fingerprint density at radius 3 is 3.00 bits per heavy atom. The standard InChI is InChI=1S/C10H20N2O3/c1-10(3-2-6-15-10)9(13)12-5-8-14-7-4-11/h2-8,11H2,1H3,(H,12,13). The van der Waals surface area contributed by atoms with Crippen LogP contribution in [0.15, 0.2) is 0 Å². The maximum Gasteiger partial charge on any atom is 0.252 e. The molecule has 0 aromatic carbocycles. The smallest absolute Gasteiger partial charge is 0.252 e. The van der Waals surface area contributed by atoms with Crippen molar-refractivity contribution in [2.75, 3.05) is 32.9 Å². The quantitative estimate of drug-likeness (QED) is 0.595. The first-order chi connectivity index (χ1) is 7.19. The van der Waals surface area contributed by atoms with Crippen LogP contribution in [0.1, 0.15) is 19.8 Å². The van der Waals surface area contributed by atoms with E-state index in [0.717, 1.165) is 12.8 Å². The molecule has 15 heavy (non-hydrogen) atoms. The van der Waals surface area contributed by atoms with Gasteiger partial charge in [0.15, 0.2) is 0 Å². The first-order valence-corrected chi connectivity index (χ1v) is 5.39. The van der Waals surface area contributed by atoms with Crippen LogP contribution in [0.5, 0.6) is 0 Å². The molecule has 1 fully saturated rings. The molecular weight excluding hydrogens is 196 g/mol. The van der Waals surface area contributed by atoms with Gasteiger partial charge in [0.05, 0.1) is 13.2 Å². The molecular formula is C10H20N2O3. The highest BCUT2D eigenvalue weighted by molar-refractivity contribution is 5.84. The van der Waals surface area contributed by atoms with Gasteiger partial charge in [-0.1, -0.05) is 0 Å². The maximum absolute atomic E-state index is 11.7. The van der Waals surface area contributed by atoms with Crippen molar-refractivity contribution in [3.63, 3.8) is 0 Å². The summed E-state index contributed by atoms with van der Waals surface area (Å²) in [5.41, 5.74) is 4.63. The zero-order chi connectivity index (χ0) is 11.1. The van der Waals surface area contributed by atoms with Crippen LogP contribution in [-0.4, -0.2) is 44.4 Å². The molecule has 1 heterocycles.